The van der Waals surface area contributed by atoms with Crippen LogP contribution in [0.15, 0.2) is 29.1 Å². The molecule has 1 atom stereocenters. The molecule has 1 aromatic carbocycles. The lowest BCUT2D eigenvalue weighted by atomic mass is 10.2. The number of nitrogens with one attached hydrogen (secondary N) is 1. The molecule has 3 N–H and O–H groups in total. The van der Waals surface area contributed by atoms with Crippen LogP contribution in [0.4, 0.5) is 0 Å². The lowest BCUT2D eigenvalue weighted by molar-refractivity contribution is -0.694. The average Bonchev–Trinajstić information content (AvgIpc) is 2.36. The average molecular weight is 232 g/mol. The van der Waals surface area contributed by atoms with Crippen LogP contribution < -0.4 is 10.9 Å². The Morgan fingerprint density at radius 1 is 1.35 bits per heavy atom. The molecule has 0 amide bonds. The van der Waals surface area contributed by atoms with Crippen LogP contribution in [0.1, 0.15) is 32.1 Å². The van der Waals surface area contributed by atoms with Gasteiger partial charge in [-0.3, -0.25) is 4.79 Å². The van der Waals surface area contributed by atoms with E-state index in [2.05, 4.69) is 29.1 Å². The van der Waals surface area contributed by atoms with E-state index in [-0.39, 0.29) is 11.6 Å². The van der Waals surface area contributed by atoms with Crippen molar-refractivity contribution in [2.24, 2.45) is 0 Å². The number of quaternary nitrogens is 1. The number of aromatic nitrogens is 2. The molecule has 4 heteroatoms. The number of H-pyrrole nitrogens is 1. The third-order valence-electron chi connectivity index (χ3n) is 2.94. The summed E-state index contributed by atoms with van der Waals surface area (Å²) in [4.78, 5) is 19.3. The molecule has 90 valence electrons. The molecule has 4 nitrogen and oxygen atoms in total. The van der Waals surface area contributed by atoms with Gasteiger partial charge in [0.1, 0.15) is 6.04 Å². The molecular formula is C13H18N3O+. The number of nitrogens with zero attached hydrogens (tertiary/aromatic N) is 1. The number of para-hydroxylation sites is 1. The maximum Gasteiger partial charge on any atom is 0.258 e. The molecule has 0 saturated carbocycles. The minimum absolute atomic E-state index is 0.0476. The number of fused-ring (bicyclic) bond motifs is 1. The van der Waals surface area contributed by atoms with Crippen molar-refractivity contribution in [1.29, 1.82) is 0 Å². The van der Waals surface area contributed by atoms with E-state index in [1.807, 2.05) is 18.2 Å². The molecule has 2 aromatic rings. The summed E-state index contributed by atoms with van der Waals surface area (Å²) in [5.74, 6) is 0.776. The van der Waals surface area contributed by atoms with Crippen molar-refractivity contribution < 1.29 is 5.32 Å². The first-order valence-electron chi connectivity index (χ1n) is 6.08. The van der Waals surface area contributed by atoms with Gasteiger partial charge in [-0.2, -0.15) is 0 Å². The molecule has 0 aliphatic heterocycles. The topological polar surface area (TPSA) is 62.4 Å². The Labute approximate surface area is 100 Å². The van der Waals surface area contributed by atoms with Crippen LogP contribution in [0.25, 0.3) is 10.9 Å². The third kappa shape index (κ3) is 2.36. The van der Waals surface area contributed by atoms with Crippen molar-refractivity contribution in [3.05, 3.63) is 40.4 Å². The summed E-state index contributed by atoms with van der Waals surface area (Å²) in [6.45, 7) is 5.18. The Balaban J connectivity index is 2.52. The smallest absolute Gasteiger partial charge is 0.258 e. The van der Waals surface area contributed by atoms with E-state index in [4.69, 9.17) is 0 Å². The van der Waals surface area contributed by atoms with Gasteiger partial charge in [-0.1, -0.05) is 19.1 Å². The predicted molar refractivity (Wildman–Crippen MR) is 67.9 cm³/mol. The van der Waals surface area contributed by atoms with Crippen LogP contribution in [0.3, 0.4) is 0 Å². The van der Waals surface area contributed by atoms with Gasteiger partial charge >= 0.3 is 0 Å². The predicted octanol–water partition coefficient (Wildman–Crippen LogP) is 0.957. The Morgan fingerprint density at radius 2 is 2.12 bits per heavy atom. The number of aromatic amines is 1. The van der Waals surface area contributed by atoms with E-state index in [1.165, 1.54) is 0 Å². The van der Waals surface area contributed by atoms with Gasteiger partial charge in [0.15, 0.2) is 5.82 Å². The zero-order chi connectivity index (χ0) is 12.3. The van der Waals surface area contributed by atoms with E-state index >= 15 is 0 Å². The van der Waals surface area contributed by atoms with Gasteiger partial charge in [0.05, 0.1) is 17.4 Å². The van der Waals surface area contributed by atoms with Gasteiger partial charge in [0.25, 0.3) is 5.56 Å². The lowest BCUT2D eigenvalue weighted by Gasteiger charge is -2.11. The highest BCUT2D eigenvalue weighted by Crippen LogP contribution is 2.10. The first kappa shape index (κ1) is 11.8. The van der Waals surface area contributed by atoms with Crippen molar-refractivity contribution in [2.45, 2.75) is 26.3 Å². The Kier molecular flexibility index (Phi) is 3.54. The quantitative estimate of drug-likeness (QED) is 0.824. The largest absolute Gasteiger partial charge is 0.338 e. The third-order valence-corrected chi connectivity index (χ3v) is 2.94. The van der Waals surface area contributed by atoms with E-state index in [0.717, 1.165) is 24.3 Å². The minimum atomic E-state index is -0.0476. The summed E-state index contributed by atoms with van der Waals surface area (Å²) in [5.41, 5.74) is 0.725. The molecule has 0 aliphatic rings. The highest BCUT2D eigenvalue weighted by molar-refractivity contribution is 5.77. The van der Waals surface area contributed by atoms with Crippen LogP contribution in [0.5, 0.6) is 0 Å². The summed E-state index contributed by atoms with van der Waals surface area (Å²) < 4.78 is 0. The summed E-state index contributed by atoms with van der Waals surface area (Å²) in [7, 11) is 0. The summed E-state index contributed by atoms with van der Waals surface area (Å²) in [5, 5.41) is 2.84. The zero-order valence-corrected chi connectivity index (χ0v) is 10.2. The van der Waals surface area contributed by atoms with Gasteiger partial charge in [0.2, 0.25) is 0 Å². The molecule has 0 bridgehead atoms. The number of rotatable bonds is 4. The van der Waals surface area contributed by atoms with E-state index in [1.54, 1.807) is 6.07 Å². The fourth-order valence-electron chi connectivity index (χ4n) is 2.04. The molecular weight excluding hydrogens is 214 g/mol. The van der Waals surface area contributed by atoms with E-state index < -0.39 is 0 Å². The molecule has 2 rings (SSSR count). The maximum absolute atomic E-state index is 11.9. The second-order valence-corrected chi connectivity index (χ2v) is 4.13. The molecule has 0 saturated heterocycles. The van der Waals surface area contributed by atoms with Gasteiger partial charge in [-0.25, -0.2) is 4.98 Å². The number of benzene rings is 1. The molecule has 0 aliphatic carbocycles. The molecule has 0 radical (unpaired) electrons. The van der Waals surface area contributed by atoms with Crippen molar-refractivity contribution in [2.75, 3.05) is 6.54 Å². The SMILES string of the molecule is CC[NH2+][C@@H](CC)c1nc2ccccc2c(=O)[nH]1. The lowest BCUT2D eigenvalue weighted by Crippen LogP contribution is -2.84. The van der Waals surface area contributed by atoms with Gasteiger partial charge < -0.3 is 10.3 Å². The van der Waals surface area contributed by atoms with E-state index in [0.29, 0.717) is 5.39 Å². The zero-order valence-electron chi connectivity index (χ0n) is 10.2. The van der Waals surface area contributed by atoms with Gasteiger partial charge in [0, 0.05) is 6.42 Å². The highest BCUT2D eigenvalue weighted by atomic mass is 16.1. The Morgan fingerprint density at radius 3 is 2.82 bits per heavy atom. The fourth-order valence-corrected chi connectivity index (χ4v) is 2.04. The van der Waals surface area contributed by atoms with Gasteiger partial charge in [-0.05, 0) is 19.1 Å². The normalized spacial score (nSPS) is 12.8. The van der Waals surface area contributed by atoms with Crippen LogP contribution in [-0.2, 0) is 0 Å². The monoisotopic (exact) mass is 232 g/mol. The molecule has 0 unspecified atom stereocenters. The van der Waals surface area contributed by atoms with Crippen molar-refractivity contribution in [3.63, 3.8) is 0 Å². The molecule has 1 aromatic heterocycles. The van der Waals surface area contributed by atoms with Gasteiger partial charge in [-0.15, -0.1) is 0 Å². The summed E-state index contributed by atoms with van der Waals surface area (Å²) >= 11 is 0. The molecule has 0 fully saturated rings. The van der Waals surface area contributed by atoms with Crippen molar-refractivity contribution >= 4 is 10.9 Å². The first-order chi connectivity index (χ1) is 8.26. The first-order valence-corrected chi connectivity index (χ1v) is 6.08. The molecule has 0 spiro atoms. The van der Waals surface area contributed by atoms with Crippen LogP contribution in [0, 0.1) is 0 Å². The number of hydrogen-bond acceptors (Lipinski definition) is 2. The minimum Gasteiger partial charge on any atom is -0.338 e. The molecule has 1 heterocycles. The Hall–Kier alpha value is -1.68. The number of nitrogens with two attached hydrogens (primary N) is 1. The second kappa shape index (κ2) is 5.10. The van der Waals surface area contributed by atoms with Crippen molar-refractivity contribution in [3.8, 4) is 0 Å². The second-order valence-electron chi connectivity index (χ2n) is 4.13. The summed E-state index contributed by atoms with van der Waals surface area (Å²) in [6.07, 6.45) is 0.953. The maximum atomic E-state index is 11.9. The van der Waals surface area contributed by atoms with Crippen LogP contribution >= 0.6 is 0 Å². The van der Waals surface area contributed by atoms with Crippen LogP contribution in [-0.4, -0.2) is 16.5 Å². The standard InChI is InChI=1S/C13H17N3O/c1-3-10(14-4-2)12-15-11-8-6-5-7-9(11)13(17)16-12/h5-8,10,14H,3-4H2,1-2H3,(H,15,16,17)/p+1/t10-/m0/s1. The van der Waals surface area contributed by atoms with E-state index in [9.17, 15) is 4.79 Å². The summed E-state index contributed by atoms with van der Waals surface area (Å²) in [6, 6.07) is 7.68. The Bertz CT molecular complexity index is 562. The molecule has 17 heavy (non-hydrogen) atoms. The number of hydrogen-bond donors (Lipinski definition) is 2. The van der Waals surface area contributed by atoms with Crippen molar-refractivity contribution in [1.82, 2.24) is 9.97 Å². The fraction of sp³-hybridized carbons (Fsp3) is 0.385. The highest BCUT2D eigenvalue weighted by Gasteiger charge is 2.15. The van der Waals surface area contributed by atoms with Crippen LogP contribution in [0.2, 0.25) is 0 Å².